The lowest BCUT2D eigenvalue weighted by atomic mass is 10.5. The van der Waals surface area contributed by atoms with E-state index in [2.05, 4.69) is 17.2 Å². The van der Waals surface area contributed by atoms with Crippen molar-refractivity contribution in [3.05, 3.63) is 0 Å². The van der Waals surface area contributed by atoms with Gasteiger partial charge >= 0.3 is 0 Å². The second-order valence-corrected chi connectivity index (χ2v) is 2.61. The summed E-state index contributed by atoms with van der Waals surface area (Å²) in [5.41, 5.74) is 0. The first kappa shape index (κ1) is 9.38. The van der Waals surface area contributed by atoms with E-state index in [9.17, 15) is 4.79 Å². The van der Waals surface area contributed by atoms with Gasteiger partial charge in [0.2, 0.25) is 0 Å². The average Bonchev–Trinajstić information content (AvgIpc) is 1.89. The number of hydrogen-bond donors (Lipinski definition) is 1. The van der Waals surface area contributed by atoms with E-state index in [1.54, 1.807) is 18.7 Å². The van der Waals surface area contributed by atoms with Crippen LogP contribution in [0.25, 0.3) is 0 Å². The molecular formula is C7H11NOS. The summed E-state index contributed by atoms with van der Waals surface area (Å²) in [4.78, 5) is 10.6. The van der Waals surface area contributed by atoms with Crippen molar-refractivity contribution in [3.63, 3.8) is 0 Å². The lowest BCUT2D eigenvalue weighted by Gasteiger charge is -1.95. The van der Waals surface area contributed by atoms with Crippen LogP contribution < -0.4 is 5.32 Å². The zero-order valence-electron chi connectivity index (χ0n) is 6.23. The summed E-state index contributed by atoms with van der Waals surface area (Å²) in [7, 11) is 0. The second-order valence-electron chi connectivity index (χ2n) is 1.62. The zero-order chi connectivity index (χ0) is 7.82. The summed E-state index contributed by atoms with van der Waals surface area (Å²) >= 11 is 1.70. The Hall–Kier alpha value is -0.620. The third-order valence-corrected chi connectivity index (χ3v) is 1.44. The molecule has 3 heteroatoms. The first-order chi connectivity index (χ1) is 4.81. The summed E-state index contributed by atoms with van der Waals surface area (Å²) in [6, 6.07) is 0. The van der Waals surface area contributed by atoms with Crippen LogP contribution in [0.3, 0.4) is 0 Å². The molecule has 2 nitrogen and oxygen atoms in total. The van der Waals surface area contributed by atoms with Gasteiger partial charge in [-0.15, -0.1) is 0 Å². The molecule has 0 unspecified atom stereocenters. The van der Waals surface area contributed by atoms with Crippen LogP contribution >= 0.6 is 11.8 Å². The average molecular weight is 157 g/mol. The van der Waals surface area contributed by atoms with Gasteiger partial charge in [0.15, 0.2) is 0 Å². The van der Waals surface area contributed by atoms with E-state index >= 15 is 0 Å². The fraction of sp³-hybridized carbons (Fsp3) is 0.571. The van der Waals surface area contributed by atoms with Crippen LogP contribution in [0, 0.1) is 11.8 Å². The van der Waals surface area contributed by atoms with E-state index in [0.717, 1.165) is 5.75 Å². The molecule has 0 atom stereocenters. The quantitative estimate of drug-likeness (QED) is 0.477. The van der Waals surface area contributed by atoms with Gasteiger partial charge in [0.25, 0.3) is 5.91 Å². The minimum absolute atomic E-state index is 0.184. The van der Waals surface area contributed by atoms with Crippen LogP contribution in [-0.2, 0) is 4.79 Å². The summed E-state index contributed by atoms with van der Waals surface area (Å²) in [5.74, 6) is 5.68. The molecule has 0 heterocycles. The van der Waals surface area contributed by atoms with Crippen LogP contribution in [0.2, 0.25) is 0 Å². The van der Waals surface area contributed by atoms with E-state index in [1.807, 2.05) is 6.26 Å². The van der Waals surface area contributed by atoms with Gasteiger partial charge in [-0.05, 0) is 19.1 Å². The Balaban J connectivity index is 3.28. The smallest absolute Gasteiger partial charge is 0.295 e. The Bertz CT molecular complexity index is 157. The second kappa shape index (κ2) is 6.50. The highest BCUT2D eigenvalue weighted by molar-refractivity contribution is 7.98. The minimum Gasteiger partial charge on any atom is -0.344 e. The maximum atomic E-state index is 10.6. The largest absolute Gasteiger partial charge is 0.344 e. The van der Waals surface area contributed by atoms with E-state index in [0.29, 0.717) is 6.54 Å². The fourth-order valence-corrected chi connectivity index (χ4v) is 0.731. The molecule has 0 aliphatic carbocycles. The van der Waals surface area contributed by atoms with Crippen molar-refractivity contribution in [3.8, 4) is 11.8 Å². The van der Waals surface area contributed by atoms with Crippen molar-refractivity contribution in [1.29, 1.82) is 0 Å². The monoisotopic (exact) mass is 157 g/mol. The Labute approximate surface area is 65.8 Å². The first-order valence-electron chi connectivity index (χ1n) is 3.00. The number of amides is 1. The number of hydrogen-bond acceptors (Lipinski definition) is 2. The number of thioether (sulfide) groups is 1. The molecule has 0 aromatic rings. The van der Waals surface area contributed by atoms with Crippen LogP contribution in [0.15, 0.2) is 0 Å². The molecule has 0 saturated carbocycles. The molecule has 0 fully saturated rings. The molecule has 10 heavy (non-hydrogen) atoms. The van der Waals surface area contributed by atoms with Gasteiger partial charge in [-0.1, -0.05) is 5.92 Å². The van der Waals surface area contributed by atoms with Gasteiger partial charge in [0, 0.05) is 12.3 Å². The van der Waals surface area contributed by atoms with E-state index < -0.39 is 0 Å². The molecule has 0 spiro atoms. The topological polar surface area (TPSA) is 29.1 Å². The van der Waals surface area contributed by atoms with Crippen molar-refractivity contribution in [2.24, 2.45) is 0 Å². The Morgan fingerprint density at radius 3 is 2.90 bits per heavy atom. The standard InChI is InChI=1S/C7H11NOS/c1-3-4-7(9)8-5-6-10-2/h5-6H2,1-2H3,(H,8,9). The van der Waals surface area contributed by atoms with Crippen LogP contribution in [-0.4, -0.2) is 24.5 Å². The van der Waals surface area contributed by atoms with Crippen molar-refractivity contribution >= 4 is 17.7 Å². The lowest BCUT2D eigenvalue weighted by molar-refractivity contribution is -0.115. The van der Waals surface area contributed by atoms with Gasteiger partial charge in [0.05, 0.1) is 0 Å². The molecule has 0 aromatic heterocycles. The summed E-state index contributed by atoms with van der Waals surface area (Å²) in [5, 5.41) is 2.65. The minimum atomic E-state index is -0.184. The van der Waals surface area contributed by atoms with Crippen LogP contribution in [0.5, 0.6) is 0 Å². The summed E-state index contributed by atoms with van der Waals surface area (Å²) in [6.45, 7) is 2.35. The number of rotatable bonds is 3. The van der Waals surface area contributed by atoms with Gasteiger partial charge in [-0.2, -0.15) is 11.8 Å². The molecule has 0 aliphatic heterocycles. The van der Waals surface area contributed by atoms with Gasteiger partial charge in [-0.25, -0.2) is 0 Å². The maximum Gasteiger partial charge on any atom is 0.295 e. The fourth-order valence-electron chi connectivity index (χ4n) is 0.424. The van der Waals surface area contributed by atoms with Gasteiger partial charge in [-0.3, -0.25) is 4.79 Å². The predicted octanol–water partition coefficient (Wildman–Crippen LogP) is 0.489. The lowest BCUT2D eigenvalue weighted by Crippen LogP contribution is -2.23. The number of nitrogens with one attached hydrogen (secondary N) is 1. The SMILES string of the molecule is CC#CC(=O)NCCSC. The molecule has 56 valence electrons. The first-order valence-corrected chi connectivity index (χ1v) is 4.40. The normalized spacial score (nSPS) is 7.80. The highest BCUT2D eigenvalue weighted by atomic mass is 32.2. The van der Waals surface area contributed by atoms with Crippen molar-refractivity contribution in [2.45, 2.75) is 6.92 Å². The number of carbonyl (C=O) groups excluding carboxylic acids is 1. The molecule has 0 bridgehead atoms. The Morgan fingerprint density at radius 2 is 2.40 bits per heavy atom. The van der Waals surface area contributed by atoms with Crippen LogP contribution in [0.1, 0.15) is 6.92 Å². The molecule has 0 aliphatic rings. The highest BCUT2D eigenvalue weighted by Gasteiger charge is 1.90. The summed E-state index contributed by atoms with van der Waals surface area (Å²) in [6.07, 6.45) is 2.00. The third kappa shape index (κ3) is 5.52. The van der Waals surface area contributed by atoms with Crippen molar-refractivity contribution < 1.29 is 4.79 Å². The van der Waals surface area contributed by atoms with Crippen LogP contribution in [0.4, 0.5) is 0 Å². The summed E-state index contributed by atoms with van der Waals surface area (Å²) < 4.78 is 0. The van der Waals surface area contributed by atoms with E-state index in [-0.39, 0.29) is 5.91 Å². The Kier molecular flexibility index (Phi) is 6.10. The molecule has 0 radical (unpaired) electrons. The third-order valence-electron chi connectivity index (χ3n) is 0.830. The van der Waals surface area contributed by atoms with Gasteiger partial charge < -0.3 is 5.32 Å². The molecule has 1 amide bonds. The van der Waals surface area contributed by atoms with Crippen molar-refractivity contribution in [1.82, 2.24) is 5.32 Å². The van der Waals surface area contributed by atoms with Crippen molar-refractivity contribution in [2.75, 3.05) is 18.6 Å². The predicted molar refractivity (Wildman–Crippen MR) is 44.8 cm³/mol. The maximum absolute atomic E-state index is 10.6. The molecule has 0 saturated heterocycles. The molecule has 1 N–H and O–H groups in total. The van der Waals surface area contributed by atoms with Gasteiger partial charge in [0.1, 0.15) is 0 Å². The zero-order valence-corrected chi connectivity index (χ0v) is 7.05. The highest BCUT2D eigenvalue weighted by Crippen LogP contribution is 1.86. The Morgan fingerprint density at radius 1 is 1.70 bits per heavy atom. The molecular weight excluding hydrogens is 146 g/mol. The molecule has 0 rings (SSSR count). The number of carbonyl (C=O) groups is 1. The van der Waals surface area contributed by atoms with E-state index in [1.165, 1.54) is 0 Å². The van der Waals surface area contributed by atoms with E-state index in [4.69, 9.17) is 0 Å². The molecule has 0 aromatic carbocycles.